The number of amides is 1. The number of aryl methyl sites for hydroxylation is 2. The molecule has 0 fully saturated rings. The smallest absolute Gasteiger partial charge is 0.328 e. The molecule has 4 heteroatoms. The summed E-state index contributed by atoms with van der Waals surface area (Å²) in [6.07, 6.45) is 0.393. The lowest BCUT2D eigenvalue weighted by Crippen LogP contribution is -2.43. The van der Waals surface area contributed by atoms with Crippen LogP contribution in [0.2, 0.25) is 0 Å². The van der Waals surface area contributed by atoms with Gasteiger partial charge in [0.1, 0.15) is 6.04 Å². The third-order valence-electron chi connectivity index (χ3n) is 3.84. The predicted octanol–water partition coefficient (Wildman–Crippen LogP) is 2.82. The highest BCUT2D eigenvalue weighted by molar-refractivity contribution is 5.97. The molecule has 0 saturated heterocycles. The Morgan fingerprint density at radius 3 is 2.35 bits per heavy atom. The van der Waals surface area contributed by atoms with Gasteiger partial charge in [-0.05, 0) is 42.7 Å². The van der Waals surface area contributed by atoms with Gasteiger partial charge >= 0.3 is 5.97 Å². The van der Waals surface area contributed by atoms with Gasteiger partial charge in [0.15, 0.2) is 0 Å². The Balaban J connectivity index is 2.15. The van der Waals surface area contributed by atoms with Gasteiger partial charge in [0.05, 0.1) is 7.11 Å². The van der Waals surface area contributed by atoms with Gasteiger partial charge in [0.25, 0.3) is 5.91 Å². The first kappa shape index (κ1) is 16.7. The maximum atomic E-state index is 12.4. The molecule has 23 heavy (non-hydrogen) atoms. The third kappa shape index (κ3) is 4.42. The van der Waals surface area contributed by atoms with E-state index in [9.17, 15) is 9.59 Å². The summed E-state index contributed by atoms with van der Waals surface area (Å²) < 4.78 is 4.81. The van der Waals surface area contributed by atoms with Crippen molar-refractivity contribution in [2.24, 2.45) is 0 Å². The molecule has 1 atom stereocenters. The minimum Gasteiger partial charge on any atom is -0.467 e. The summed E-state index contributed by atoms with van der Waals surface area (Å²) in [6.45, 7) is 3.94. The lowest BCUT2D eigenvalue weighted by molar-refractivity contribution is -0.142. The quantitative estimate of drug-likeness (QED) is 0.864. The third-order valence-corrected chi connectivity index (χ3v) is 3.84. The van der Waals surface area contributed by atoms with Crippen molar-refractivity contribution in [3.63, 3.8) is 0 Å². The standard InChI is InChI=1S/C19H21NO3/c1-13-9-10-16(11-14(13)2)18(21)20-17(19(22)23-3)12-15-7-5-4-6-8-15/h4-11,17H,12H2,1-3H3,(H,20,21). The SMILES string of the molecule is COC(=O)C(Cc1ccccc1)NC(=O)c1ccc(C)c(C)c1. The van der Waals surface area contributed by atoms with Crippen LogP contribution in [0.5, 0.6) is 0 Å². The fourth-order valence-corrected chi connectivity index (χ4v) is 2.31. The van der Waals surface area contributed by atoms with Gasteiger partial charge in [-0.1, -0.05) is 36.4 Å². The van der Waals surface area contributed by atoms with E-state index in [-0.39, 0.29) is 5.91 Å². The zero-order chi connectivity index (χ0) is 16.8. The van der Waals surface area contributed by atoms with Crippen LogP contribution in [0.4, 0.5) is 0 Å². The molecule has 120 valence electrons. The lowest BCUT2D eigenvalue weighted by atomic mass is 10.0. The fraction of sp³-hybridized carbons (Fsp3) is 0.263. The molecule has 0 aliphatic rings. The van der Waals surface area contributed by atoms with Gasteiger partial charge in [-0.15, -0.1) is 0 Å². The van der Waals surface area contributed by atoms with Crippen LogP contribution in [0.15, 0.2) is 48.5 Å². The lowest BCUT2D eigenvalue weighted by Gasteiger charge is -2.17. The molecule has 0 saturated carbocycles. The van der Waals surface area contributed by atoms with Gasteiger partial charge in [-0.2, -0.15) is 0 Å². The number of rotatable bonds is 5. The van der Waals surface area contributed by atoms with Crippen molar-refractivity contribution in [1.29, 1.82) is 0 Å². The Labute approximate surface area is 136 Å². The second-order valence-corrected chi connectivity index (χ2v) is 5.54. The normalized spacial score (nSPS) is 11.6. The molecule has 0 aromatic heterocycles. The van der Waals surface area contributed by atoms with Crippen molar-refractivity contribution in [2.45, 2.75) is 26.3 Å². The number of benzene rings is 2. The zero-order valence-corrected chi connectivity index (χ0v) is 13.6. The monoisotopic (exact) mass is 311 g/mol. The molecule has 0 aliphatic carbocycles. The predicted molar refractivity (Wildman–Crippen MR) is 89.3 cm³/mol. The summed E-state index contributed by atoms with van der Waals surface area (Å²) in [4.78, 5) is 24.4. The highest BCUT2D eigenvalue weighted by Gasteiger charge is 2.22. The highest BCUT2D eigenvalue weighted by atomic mass is 16.5. The molecule has 1 amide bonds. The molecule has 2 aromatic carbocycles. The van der Waals surface area contributed by atoms with Gasteiger partial charge in [-0.3, -0.25) is 4.79 Å². The minimum atomic E-state index is -0.712. The molecule has 2 rings (SSSR count). The number of hydrogen-bond donors (Lipinski definition) is 1. The van der Waals surface area contributed by atoms with Crippen LogP contribution in [0.3, 0.4) is 0 Å². The molecule has 1 N–H and O–H groups in total. The van der Waals surface area contributed by atoms with Crippen LogP contribution >= 0.6 is 0 Å². The average molecular weight is 311 g/mol. The molecule has 0 bridgehead atoms. The van der Waals surface area contributed by atoms with E-state index in [0.717, 1.165) is 16.7 Å². The van der Waals surface area contributed by atoms with E-state index < -0.39 is 12.0 Å². The van der Waals surface area contributed by atoms with Crippen LogP contribution < -0.4 is 5.32 Å². The second kappa shape index (κ2) is 7.58. The summed E-state index contributed by atoms with van der Waals surface area (Å²) in [5, 5.41) is 2.77. The van der Waals surface area contributed by atoms with Crippen LogP contribution in [0.1, 0.15) is 27.0 Å². The van der Waals surface area contributed by atoms with Crippen molar-refractivity contribution in [3.05, 3.63) is 70.8 Å². The van der Waals surface area contributed by atoms with Crippen molar-refractivity contribution in [1.82, 2.24) is 5.32 Å². The molecule has 4 nitrogen and oxygen atoms in total. The van der Waals surface area contributed by atoms with E-state index in [1.807, 2.05) is 56.3 Å². The van der Waals surface area contributed by atoms with Gasteiger partial charge in [-0.25, -0.2) is 4.79 Å². The summed E-state index contributed by atoms with van der Waals surface area (Å²) in [5.74, 6) is -0.731. The van der Waals surface area contributed by atoms with Crippen LogP contribution in [-0.2, 0) is 16.0 Å². The molecule has 1 unspecified atom stereocenters. The largest absolute Gasteiger partial charge is 0.467 e. The Hall–Kier alpha value is -2.62. The van der Waals surface area contributed by atoms with E-state index in [1.165, 1.54) is 7.11 Å². The van der Waals surface area contributed by atoms with E-state index in [0.29, 0.717) is 12.0 Å². The first-order valence-corrected chi connectivity index (χ1v) is 7.51. The Morgan fingerprint density at radius 1 is 1.04 bits per heavy atom. The van der Waals surface area contributed by atoms with Crippen molar-refractivity contribution >= 4 is 11.9 Å². The number of ether oxygens (including phenoxy) is 1. The maximum Gasteiger partial charge on any atom is 0.328 e. The second-order valence-electron chi connectivity index (χ2n) is 5.54. The summed E-state index contributed by atoms with van der Waals surface area (Å²) in [7, 11) is 1.32. The molecule has 0 radical (unpaired) electrons. The fourth-order valence-electron chi connectivity index (χ4n) is 2.31. The van der Waals surface area contributed by atoms with Crippen molar-refractivity contribution in [2.75, 3.05) is 7.11 Å². The Kier molecular flexibility index (Phi) is 5.52. The van der Waals surface area contributed by atoms with Crippen molar-refractivity contribution < 1.29 is 14.3 Å². The number of carbonyl (C=O) groups is 2. The van der Waals surface area contributed by atoms with Gasteiger partial charge in [0.2, 0.25) is 0 Å². The van der Waals surface area contributed by atoms with E-state index in [2.05, 4.69) is 5.32 Å². The summed E-state index contributed by atoms with van der Waals surface area (Å²) in [5.41, 5.74) is 3.66. The molecule has 2 aromatic rings. The van der Waals surface area contributed by atoms with Gasteiger partial charge in [0, 0.05) is 12.0 Å². The Bertz CT molecular complexity index is 695. The van der Waals surface area contributed by atoms with Crippen LogP contribution in [-0.4, -0.2) is 25.0 Å². The van der Waals surface area contributed by atoms with Crippen molar-refractivity contribution in [3.8, 4) is 0 Å². The number of nitrogens with one attached hydrogen (secondary N) is 1. The van der Waals surface area contributed by atoms with E-state index in [4.69, 9.17) is 4.74 Å². The maximum absolute atomic E-state index is 12.4. The number of methoxy groups -OCH3 is 1. The summed E-state index contributed by atoms with van der Waals surface area (Å²) >= 11 is 0. The molecule has 0 heterocycles. The molecule has 0 spiro atoms. The minimum absolute atomic E-state index is 0.278. The topological polar surface area (TPSA) is 55.4 Å². The molecular formula is C19H21NO3. The number of hydrogen-bond acceptors (Lipinski definition) is 3. The molecular weight excluding hydrogens is 290 g/mol. The van der Waals surface area contributed by atoms with Crippen LogP contribution in [0, 0.1) is 13.8 Å². The van der Waals surface area contributed by atoms with Gasteiger partial charge < -0.3 is 10.1 Å². The number of esters is 1. The summed E-state index contributed by atoms with van der Waals surface area (Å²) in [6, 6.07) is 14.3. The number of carbonyl (C=O) groups excluding carboxylic acids is 2. The first-order valence-electron chi connectivity index (χ1n) is 7.51. The van der Waals surface area contributed by atoms with E-state index in [1.54, 1.807) is 6.07 Å². The highest BCUT2D eigenvalue weighted by Crippen LogP contribution is 2.11. The average Bonchev–Trinajstić information content (AvgIpc) is 2.56. The van der Waals surface area contributed by atoms with Crippen LogP contribution in [0.25, 0.3) is 0 Å². The zero-order valence-electron chi connectivity index (χ0n) is 13.6. The Morgan fingerprint density at radius 2 is 1.74 bits per heavy atom. The first-order chi connectivity index (χ1) is 11.0. The molecule has 0 aliphatic heterocycles. The van der Waals surface area contributed by atoms with E-state index >= 15 is 0 Å².